The molecule has 1 fully saturated rings. The van der Waals surface area contributed by atoms with Crippen LogP contribution < -0.4 is 11.1 Å². The molecule has 1 rings (SSSR count). The summed E-state index contributed by atoms with van der Waals surface area (Å²) in [4.78, 5) is 23.1. The van der Waals surface area contributed by atoms with Gasteiger partial charge in [0.15, 0.2) is 0 Å². The maximum atomic E-state index is 11.9. The highest BCUT2D eigenvalue weighted by Gasteiger charge is 2.49. The lowest BCUT2D eigenvalue weighted by Crippen LogP contribution is -2.58. The number of carbonyl (C=O) groups excluding carboxylic acids is 1. The second kappa shape index (κ2) is 4.05. The number of nitrogens with one attached hydrogen (secondary N) is 1. The van der Waals surface area contributed by atoms with Crippen molar-refractivity contribution >= 4 is 11.9 Å². The summed E-state index contributed by atoms with van der Waals surface area (Å²) in [5.74, 6) is -1.23. The molecule has 16 heavy (non-hydrogen) atoms. The molecule has 0 aromatic carbocycles. The maximum Gasteiger partial charge on any atom is 0.329 e. The number of carboxylic acid groups (broad SMARTS) is 1. The molecule has 1 atom stereocenters. The first kappa shape index (κ1) is 13.0. The highest BCUT2D eigenvalue weighted by Crippen LogP contribution is 2.40. The molecular formula is C11H20N2O3. The first-order chi connectivity index (χ1) is 7.24. The number of nitrogens with two attached hydrogens (primary N) is 1. The third-order valence-electron chi connectivity index (χ3n) is 3.34. The summed E-state index contributed by atoms with van der Waals surface area (Å²) in [6.07, 6.45) is 1.71. The van der Waals surface area contributed by atoms with E-state index in [0.717, 1.165) is 12.8 Å². The Kier molecular flexibility index (Phi) is 3.28. The lowest BCUT2D eigenvalue weighted by Gasteiger charge is -2.31. The fourth-order valence-electron chi connectivity index (χ4n) is 1.49. The van der Waals surface area contributed by atoms with Crippen LogP contribution in [0.2, 0.25) is 0 Å². The summed E-state index contributed by atoms with van der Waals surface area (Å²) in [6, 6.07) is 0. The molecule has 0 heterocycles. The predicted molar refractivity (Wildman–Crippen MR) is 59.7 cm³/mol. The van der Waals surface area contributed by atoms with Crippen LogP contribution in [-0.2, 0) is 9.59 Å². The lowest BCUT2D eigenvalue weighted by atomic mass is 9.89. The zero-order chi connectivity index (χ0) is 12.6. The molecule has 92 valence electrons. The van der Waals surface area contributed by atoms with Gasteiger partial charge >= 0.3 is 5.97 Å². The Labute approximate surface area is 95.4 Å². The minimum Gasteiger partial charge on any atom is -0.480 e. The van der Waals surface area contributed by atoms with Crippen LogP contribution in [0.3, 0.4) is 0 Å². The van der Waals surface area contributed by atoms with Crippen molar-refractivity contribution in [3.63, 3.8) is 0 Å². The molecule has 1 saturated carbocycles. The zero-order valence-corrected chi connectivity index (χ0v) is 10.0. The SMILES string of the molecule is CC(C)(CN)C(=O)NC(C)(C(=O)O)C1CC1. The van der Waals surface area contributed by atoms with E-state index in [1.54, 1.807) is 20.8 Å². The van der Waals surface area contributed by atoms with E-state index in [-0.39, 0.29) is 18.4 Å². The van der Waals surface area contributed by atoms with Gasteiger partial charge in [-0.15, -0.1) is 0 Å². The minimum atomic E-state index is -1.15. The second-order valence-electron chi connectivity index (χ2n) is 5.32. The molecule has 1 aliphatic carbocycles. The fourth-order valence-corrected chi connectivity index (χ4v) is 1.49. The number of carboxylic acids is 1. The normalized spacial score (nSPS) is 20.0. The van der Waals surface area contributed by atoms with E-state index in [0.29, 0.717) is 0 Å². The number of hydrogen-bond acceptors (Lipinski definition) is 3. The van der Waals surface area contributed by atoms with Gasteiger partial charge in [-0.1, -0.05) is 0 Å². The van der Waals surface area contributed by atoms with Gasteiger partial charge in [-0.25, -0.2) is 4.79 Å². The quantitative estimate of drug-likeness (QED) is 0.632. The van der Waals surface area contributed by atoms with Gasteiger partial charge in [0.1, 0.15) is 5.54 Å². The van der Waals surface area contributed by atoms with E-state index in [9.17, 15) is 14.7 Å². The van der Waals surface area contributed by atoms with Gasteiger partial charge in [0.25, 0.3) is 0 Å². The van der Waals surface area contributed by atoms with Gasteiger partial charge in [-0.2, -0.15) is 0 Å². The average Bonchev–Trinajstić information content (AvgIpc) is 3.00. The molecule has 4 N–H and O–H groups in total. The van der Waals surface area contributed by atoms with Gasteiger partial charge in [0, 0.05) is 6.54 Å². The highest BCUT2D eigenvalue weighted by molar-refractivity contribution is 5.90. The van der Waals surface area contributed by atoms with Gasteiger partial charge in [0.05, 0.1) is 5.41 Å². The highest BCUT2D eigenvalue weighted by atomic mass is 16.4. The van der Waals surface area contributed by atoms with E-state index in [1.165, 1.54) is 0 Å². The molecule has 5 heteroatoms. The molecule has 0 radical (unpaired) electrons. The smallest absolute Gasteiger partial charge is 0.329 e. The summed E-state index contributed by atoms with van der Waals surface area (Å²) in [6.45, 7) is 5.17. The monoisotopic (exact) mass is 228 g/mol. The minimum absolute atomic E-state index is 0.0440. The number of hydrogen-bond donors (Lipinski definition) is 3. The average molecular weight is 228 g/mol. The maximum absolute atomic E-state index is 11.9. The Balaban J connectivity index is 2.77. The fraction of sp³-hybridized carbons (Fsp3) is 0.818. The van der Waals surface area contributed by atoms with Crippen LogP contribution in [0.15, 0.2) is 0 Å². The van der Waals surface area contributed by atoms with Crippen LogP contribution in [0.4, 0.5) is 0 Å². The van der Waals surface area contributed by atoms with Crippen molar-refractivity contribution in [2.45, 2.75) is 39.2 Å². The van der Waals surface area contributed by atoms with Crippen molar-refractivity contribution in [3.8, 4) is 0 Å². The van der Waals surface area contributed by atoms with Crippen LogP contribution >= 0.6 is 0 Å². The number of amides is 1. The van der Waals surface area contributed by atoms with Crippen LogP contribution in [0.25, 0.3) is 0 Å². The second-order valence-corrected chi connectivity index (χ2v) is 5.32. The van der Waals surface area contributed by atoms with Gasteiger partial charge in [0.2, 0.25) is 5.91 Å². The standard InChI is InChI=1S/C11H20N2O3/c1-10(2,6-12)8(14)13-11(3,9(15)16)7-4-5-7/h7H,4-6,12H2,1-3H3,(H,13,14)(H,15,16). The molecule has 0 saturated heterocycles. The Morgan fingerprint density at radius 1 is 1.38 bits per heavy atom. The zero-order valence-electron chi connectivity index (χ0n) is 10.0. The molecular weight excluding hydrogens is 208 g/mol. The molecule has 0 aliphatic heterocycles. The van der Waals surface area contributed by atoms with Crippen LogP contribution in [0.1, 0.15) is 33.6 Å². The topological polar surface area (TPSA) is 92.4 Å². The summed E-state index contributed by atoms with van der Waals surface area (Å²) in [7, 11) is 0. The number of carbonyl (C=O) groups is 2. The molecule has 1 amide bonds. The summed E-state index contributed by atoms with van der Waals surface area (Å²) >= 11 is 0. The Morgan fingerprint density at radius 3 is 2.19 bits per heavy atom. The van der Waals surface area contributed by atoms with Crippen molar-refractivity contribution in [1.82, 2.24) is 5.32 Å². The van der Waals surface area contributed by atoms with E-state index in [2.05, 4.69) is 5.32 Å². The number of aliphatic carboxylic acids is 1. The van der Waals surface area contributed by atoms with Crippen molar-refractivity contribution in [3.05, 3.63) is 0 Å². The first-order valence-corrected chi connectivity index (χ1v) is 5.50. The van der Waals surface area contributed by atoms with Gasteiger partial charge in [-0.3, -0.25) is 4.79 Å². The summed E-state index contributed by atoms with van der Waals surface area (Å²) in [5, 5.41) is 11.8. The molecule has 1 aliphatic rings. The Hall–Kier alpha value is -1.10. The van der Waals surface area contributed by atoms with E-state index < -0.39 is 16.9 Å². The lowest BCUT2D eigenvalue weighted by molar-refractivity contribution is -0.149. The molecule has 0 bridgehead atoms. The van der Waals surface area contributed by atoms with E-state index in [1.807, 2.05) is 0 Å². The van der Waals surface area contributed by atoms with E-state index in [4.69, 9.17) is 5.73 Å². The van der Waals surface area contributed by atoms with Crippen molar-refractivity contribution in [2.24, 2.45) is 17.1 Å². The first-order valence-electron chi connectivity index (χ1n) is 5.50. The molecule has 1 unspecified atom stereocenters. The van der Waals surface area contributed by atoms with Crippen LogP contribution in [-0.4, -0.2) is 29.1 Å². The van der Waals surface area contributed by atoms with Crippen molar-refractivity contribution in [1.29, 1.82) is 0 Å². The van der Waals surface area contributed by atoms with Crippen LogP contribution in [0, 0.1) is 11.3 Å². The summed E-state index contributed by atoms with van der Waals surface area (Å²) in [5.41, 5.74) is 3.61. The van der Waals surface area contributed by atoms with Crippen molar-refractivity contribution in [2.75, 3.05) is 6.54 Å². The Morgan fingerprint density at radius 2 is 1.88 bits per heavy atom. The molecule has 0 aromatic rings. The molecule has 5 nitrogen and oxygen atoms in total. The molecule has 0 aromatic heterocycles. The molecule has 0 spiro atoms. The third kappa shape index (κ3) is 2.35. The largest absolute Gasteiger partial charge is 0.480 e. The predicted octanol–water partition coefficient (Wildman–Crippen LogP) is 0.341. The number of rotatable bonds is 5. The van der Waals surface area contributed by atoms with Crippen LogP contribution in [0.5, 0.6) is 0 Å². The Bertz CT molecular complexity index is 310. The van der Waals surface area contributed by atoms with Gasteiger partial charge in [-0.05, 0) is 39.5 Å². The van der Waals surface area contributed by atoms with E-state index >= 15 is 0 Å². The third-order valence-corrected chi connectivity index (χ3v) is 3.34. The van der Waals surface area contributed by atoms with Gasteiger partial charge < -0.3 is 16.2 Å². The van der Waals surface area contributed by atoms with Crippen molar-refractivity contribution < 1.29 is 14.7 Å². The summed E-state index contributed by atoms with van der Waals surface area (Å²) < 4.78 is 0.